The third-order valence-corrected chi connectivity index (χ3v) is 3.90. The van der Waals surface area contributed by atoms with Crippen LogP contribution in [0.15, 0.2) is 60.8 Å². The Balaban J connectivity index is 1.67. The summed E-state index contributed by atoms with van der Waals surface area (Å²) in [5, 5.41) is 3.08. The second-order valence-corrected chi connectivity index (χ2v) is 6.20. The molecule has 0 radical (unpaired) electrons. The number of amides is 1. The molecule has 1 N–H and O–H groups in total. The summed E-state index contributed by atoms with van der Waals surface area (Å²) in [6, 6.07) is 15.6. The Bertz CT molecular complexity index is 890. The van der Waals surface area contributed by atoms with Crippen LogP contribution in [-0.4, -0.2) is 10.9 Å². The predicted octanol–water partition coefficient (Wildman–Crippen LogP) is 5.03. The lowest BCUT2D eigenvalue weighted by molar-refractivity contribution is -0.115. The van der Waals surface area contributed by atoms with E-state index in [2.05, 4.69) is 10.3 Å². The van der Waals surface area contributed by atoms with E-state index in [1.165, 1.54) is 12.1 Å². The molecule has 0 aliphatic rings. The van der Waals surface area contributed by atoms with Crippen molar-refractivity contribution in [2.24, 2.45) is 0 Å². The first kappa shape index (κ1) is 17.1. The van der Waals surface area contributed by atoms with Crippen LogP contribution in [0.4, 0.5) is 10.1 Å². The Morgan fingerprint density at radius 3 is 2.52 bits per heavy atom. The van der Waals surface area contributed by atoms with Gasteiger partial charge in [0.15, 0.2) is 0 Å². The first-order chi connectivity index (χ1) is 12.0. The third kappa shape index (κ3) is 4.64. The molecule has 1 aromatic heterocycles. The maximum absolute atomic E-state index is 13.3. The van der Waals surface area contributed by atoms with Crippen LogP contribution in [0.2, 0.25) is 5.02 Å². The van der Waals surface area contributed by atoms with Crippen molar-refractivity contribution in [2.75, 3.05) is 5.32 Å². The lowest BCUT2D eigenvalue weighted by Gasteiger charge is -2.08. The zero-order valence-electron chi connectivity index (χ0n) is 13.6. The molecule has 0 spiro atoms. The Labute approximate surface area is 150 Å². The molecule has 1 heterocycles. The van der Waals surface area contributed by atoms with Crippen molar-refractivity contribution in [1.29, 1.82) is 0 Å². The molecule has 0 bridgehead atoms. The Morgan fingerprint density at radius 2 is 1.84 bits per heavy atom. The largest absolute Gasteiger partial charge is 0.326 e. The Kier molecular flexibility index (Phi) is 5.10. The number of anilines is 1. The molecule has 0 atom stereocenters. The van der Waals surface area contributed by atoms with Gasteiger partial charge in [0.25, 0.3) is 0 Å². The Hall–Kier alpha value is -2.72. The molecule has 0 saturated heterocycles. The normalized spacial score (nSPS) is 10.5. The van der Waals surface area contributed by atoms with Crippen molar-refractivity contribution in [3.8, 4) is 11.1 Å². The van der Waals surface area contributed by atoms with Crippen LogP contribution in [0.1, 0.15) is 11.3 Å². The van der Waals surface area contributed by atoms with Crippen LogP contribution in [0.3, 0.4) is 0 Å². The van der Waals surface area contributed by atoms with E-state index in [1.54, 1.807) is 12.3 Å². The van der Waals surface area contributed by atoms with Gasteiger partial charge in [-0.2, -0.15) is 0 Å². The molecular weight excluding hydrogens is 339 g/mol. The zero-order valence-corrected chi connectivity index (χ0v) is 14.3. The minimum atomic E-state index is -0.452. The number of halogens is 2. The zero-order chi connectivity index (χ0) is 17.8. The highest BCUT2D eigenvalue weighted by Crippen LogP contribution is 2.22. The standard InChI is InChI=1S/C20H16ClFN2O/c1-13-8-16(6-7-23-13)15-2-4-19(5-3-15)24-20(25)11-14-9-17(21)12-18(22)10-14/h2-10,12H,11H2,1H3,(H,24,25). The van der Waals surface area contributed by atoms with Crippen molar-refractivity contribution in [1.82, 2.24) is 4.98 Å². The molecule has 2 aromatic carbocycles. The molecule has 0 fully saturated rings. The minimum absolute atomic E-state index is 0.0583. The van der Waals surface area contributed by atoms with Crippen LogP contribution < -0.4 is 5.32 Å². The number of benzene rings is 2. The van der Waals surface area contributed by atoms with Crippen LogP contribution in [0.25, 0.3) is 11.1 Å². The summed E-state index contributed by atoms with van der Waals surface area (Å²) in [7, 11) is 0. The van der Waals surface area contributed by atoms with E-state index in [4.69, 9.17) is 11.6 Å². The van der Waals surface area contributed by atoms with E-state index in [0.29, 0.717) is 11.3 Å². The van der Waals surface area contributed by atoms with E-state index in [1.807, 2.05) is 43.3 Å². The van der Waals surface area contributed by atoms with E-state index in [-0.39, 0.29) is 17.4 Å². The highest BCUT2D eigenvalue weighted by atomic mass is 35.5. The van der Waals surface area contributed by atoms with Crippen LogP contribution >= 0.6 is 11.6 Å². The van der Waals surface area contributed by atoms with E-state index in [9.17, 15) is 9.18 Å². The summed E-state index contributed by atoms with van der Waals surface area (Å²) >= 11 is 5.80. The van der Waals surface area contributed by atoms with Gasteiger partial charge >= 0.3 is 0 Å². The van der Waals surface area contributed by atoms with Gasteiger partial charge in [-0.1, -0.05) is 23.7 Å². The van der Waals surface area contributed by atoms with E-state index >= 15 is 0 Å². The van der Waals surface area contributed by atoms with Gasteiger partial charge in [-0.15, -0.1) is 0 Å². The number of carbonyl (C=O) groups excluding carboxylic acids is 1. The average molecular weight is 355 g/mol. The van der Waals surface area contributed by atoms with Crippen molar-refractivity contribution in [3.05, 3.63) is 82.9 Å². The van der Waals surface area contributed by atoms with Crippen molar-refractivity contribution < 1.29 is 9.18 Å². The quantitative estimate of drug-likeness (QED) is 0.714. The molecule has 0 aliphatic carbocycles. The van der Waals surface area contributed by atoms with Crippen LogP contribution in [0, 0.1) is 12.7 Å². The SMILES string of the molecule is Cc1cc(-c2ccc(NC(=O)Cc3cc(F)cc(Cl)c3)cc2)ccn1. The van der Waals surface area contributed by atoms with Crippen molar-refractivity contribution >= 4 is 23.2 Å². The van der Waals surface area contributed by atoms with Crippen molar-refractivity contribution in [3.63, 3.8) is 0 Å². The van der Waals surface area contributed by atoms with E-state index < -0.39 is 5.82 Å². The van der Waals surface area contributed by atoms with Crippen LogP contribution in [-0.2, 0) is 11.2 Å². The fourth-order valence-corrected chi connectivity index (χ4v) is 2.82. The number of nitrogens with zero attached hydrogens (tertiary/aromatic N) is 1. The van der Waals surface area contributed by atoms with Gasteiger partial charge in [-0.3, -0.25) is 9.78 Å². The first-order valence-electron chi connectivity index (χ1n) is 7.77. The van der Waals surface area contributed by atoms with Gasteiger partial charge < -0.3 is 5.32 Å². The van der Waals surface area contributed by atoms with Crippen LogP contribution in [0.5, 0.6) is 0 Å². The summed E-state index contributed by atoms with van der Waals surface area (Å²) in [4.78, 5) is 16.3. The number of pyridine rings is 1. The monoisotopic (exact) mass is 354 g/mol. The van der Waals surface area contributed by atoms with Gasteiger partial charge in [0.05, 0.1) is 6.42 Å². The predicted molar refractivity (Wildman–Crippen MR) is 98.2 cm³/mol. The molecule has 0 aliphatic heterocycles. The summed E-state index contributed by atoms with van der Waals surface area (Å²) in [6.45, 7) is 1.94. The number of hydrogen-bond acceptors (Lipinski definition) is 2. The maximum atomic E-state index is 13.3. The van der Waals surface area contributed by atoms with Crippen molar-refractivity contribution in [2.45, 2.75) is 13.3 Å². The third-order valence-electron chi connectivity index (χ3n) is 3.69. The summed E-state index contributed by atoms with van der Waals surface area (Å²) in [5.41, 5.74) is 4.28. The minimum Gasteiger partial charge on any atom is -0.326 e. The highest BCUT2D eigenvalue weighted by molar-refractivity contribution is 6.30. The molecule has 1 amide bonds. The molecule has 126 valence electrons. The summed E-state index contributed by atoms with van der Waals surface area (Å²) < 4.78 is 13.3. The fraction of sp³-hybridized carbons (Fsp3) is 0.100. The van der Waals surface area contributed by atoms with Gasteiger partial charge in [-0.05, 0) is 66.1 Å². The molecule has 3 aromatic rings. The number of rotatable bonds is 4. The number of aryl methyl sites for hydroxylation is 1. The number of aromatic nitrogens is 1. The van der Waals surface area contributed by atoms with E-state index in [0.717, 1.165) is 16.8 Å². The molecule has 25 heavy (non-hydrogen) atoms. The smallest absolute Gasteiger partial charge is 0.228 e. The molecule has 3 rings (SSSR count). The first-order valence-corrected chi connectivity index (χ1v) is 8.15. The van der Waals surface area contributed by atoms with Gasteiger partial charge in [0.1, 0.15) is 5.82 Å². The molecule has 3 nitrogen and oxygen atoms in total. The lowest BCUT2D eigenvalue weighted by Crippen LogP contribution is -2.14. The van der Waals surface area contributed by atoms with Gasteiger partial charge in [-0.25, -0.2) is 4.39 Å². The molecule has 0 unspecified atom stereocenters. The average Bonchev–Trinajstić information content (AvgIpc) is 2.54. The fourth-order valence-electron chi connectivity index (χ4n) is 2.57. The van der Waals surface area contributed by atoms with Gasteiger partial charge in [0.2, 0.25) is 5.91 Å². The lowest BCUT2D eigenvalue weighted by atomic mass is 10.1. The number of carbonyl (C=O) groups is 1. The summed E-state index contributed by atoms with van der Waals surface area (Å²) in [5.74, 6) is -0.679. The number of nitrogens with one attached hydrogen (secondary N) is 1. The topological polar surface area (TPSA) is 42.0 Å². The highest BCUT2D eigenvalue weighted by Gasteiger charge is 2.07. The Morgan fingerprint density at radius 1 is 1.08 bits per heavy atom. The number of hydrogen-bond donors (Lipinski definition) is 1. The molecule has 0 saturated carbocycles. The maximum Gasteiger partial charge on any atom is 0.228 e. The molecule has 5 heteroatoms. The second kappa shape index (κ2) is 7.45. The summed E-state index contributed by atoms with van der Waals surface area (Å²) in [6.07, 6.45) is 1.83. The second-order valence-electron chi connectivity index (χ2n) is 5.77. The van der Waals surface area contributed by atoms with Gasteiger partial charge in [0, 0.05) is 22.6 Å². The molecular formula is C20H16ClFN2O.